The van der Waals surface area contributed by atoms with Crippen LogP contribution in [-0.4, -0.2) is 104 Å². The molecule has 0 bridgehead atoms. The number of hydrogen-bond acceptors (Lipinski definition) is 6. The highest BCUT2D eigenvalue weighted by Crippen LogP contribution is 2.30. The van der Waals surface area contributed by atoms with Crippen molar-refractivity contribution in [2.24, 2.45) is 10.8 Å². The van der Waals surface area contributed by atoms with Gasteiger partial charge in [0, 0.05) is 43.5 Å². The topological polar surface area (TPSA) is 155 Å². The number of nitrogens with zero attached hydrogens (tertiary/aromatic N) is 4. The van der Waals surface area contributed by atoms with Crippen molar-refractivity contribution in [1.29, 1.82) is 0 Å². The number of pyridine rings is 1. The average molecular weight is 823 g/mol. The number of benzene rings is 3. The molecule has 320 valence electrons. The van der Waals surface area contributed by atoms with Gasteiger partial charge in [0.05, 0.1) is 24.4 Å². The molecular weight excluding hydrogens is 764 g/mol. The van der Waals surface area contributed by atoms with Gasteiger partial charge in [-0.25, -0.2) is 14.0 Å². The van der Waals surface area contributed by atoms with Gasteiger partial charge < -0.3 is 30.6 Å². The second kappa shape index (κ2) is 19.5. The first-order chi connectivity index (χ1) is 28.3. The molecule has 0 radical (unpaired) electrons. The Morgan fingerprint density at radius 1 is 0.800 bits per heavy atom. The van der Waals surface area contributed by atoms with E-state index in [-0.39, 0.29) is 38.4 Å². The summed E-state index contributed by atoms with van der Waals surface area (Å²) in [6.07, 6.45) is -0.212. The lowest BCUT2D eigenvalue weighted by Gasteiger charge is -2.38. The van der Waals surface area contributed by atoms with Crippen LogP contribution in [-0.2, 0) is 29.0 Å². The normalized spacial score (nSPS) is 15.8. The van der Waals surface area contributed by atoms with Crippen LogP contribution in [0.1, 0.15) is 64.7 Å². The summed E-state index contributed by atoms with van der Waals surface area (Å²) in [5.41, 5.74) is 2.29. The van der Waals surface area contributed by atoms with Crippen LogP contribution in [0.2, 0.25) is 0 Å². The van der Waals surface area contributed by atoms with Gasteiger partial charge in [-0.2, -0.15) is 0 Å². The smallest absolute Gasteiger partial charge is 0.407 e. The quantitative estimate of drug-likeness (QED) is 0.0973. The number of aliphatic hydroxyl groups excluding tert-OH is 1. The van der Waals surface area contributed by atoms with E-state index in [2.05, 4.69) is 15.6 Å². The maximum atomic E-state index is 14.6. The van der Waals surface area contributed by atoms with E-state index in [0.717, 1.165) is 27.3 Å². The number of aliphatic hydroxyl groups is 1. The highest BCUT2D eigenvalue weighted by Gasteiger charge is 2.45. The third-order valence-corrected chi connectivity index (χ3v) is 10.9. The van der Waals surface area contributed by atoms with Crippen LogP contribution < -0.4 is 10.6 Å². The number of carbonyl (C=O) groups excluding carboxylic acids is 3. The van der Waals surface area contributed by atoms with Crippen LogP contribution in [0, 0.1) is 16.6 Å². The molecule has 1 aromatic heterocycles. The third-order valence-electron chi connectivity index (χ3n) is 10.9. The largest absolute Gasteiger partial charge is 0.465 e. The van der Waals surface area contributed by atoms with Gasteiger partial charge in [0.25, 0.3) is 0 Å². The van der Waals surface area contributed by atoms with E-state index in [9.17, 15) is 33.8 Å². The Morgan fingerprint density at radius 3 is 2.03 bits per heavy atom. The van der Waals surface area contributed by atoms with Crippen LogP contribution in [0.25, 0.3) is 11.3 Å². The minimum Gasteiger partial charge on any atom is -0.465 e. The van der Waals surface area contributed by atoms with Crippen molar-refractivity contribution in [3.05, 3.63) is 126 Å². The van der Waals surface area contributed by atoms with E-state index >= 15 is 0 Å². The fourth-order valence-corrected chi connectivity index (χ4v) is 8.05. The number of likely N-dealkylation sites (N-methyl/N-ethyl adjacent to an activating group) is 1. The molecule has 1 saturated heterocycles. The van der Waals surface area contributed by atoms with Crippen molar-refractivity contribution in [2.75, 3.05) is 20.1 Å². The number of rotatable bonds is 16. The Kier molecular flexibility index (Phi) is 14.7. The molecule has 1 fully saturated rings. The molecule has 0 unspecified atom stereocenters. The maximum absolute atomic E-state index is 14.6. The lowest BCUT2D eigenvalue weighted by atomic mass is 9.84. The number of halogens is 1. The van der Waals surface area contributed by atoms with Crippen LogP contribution in [0.15, 0.2) is 103 Å². The molecule has 5 atom stereocenters. The first-order valence-corrected chi connectivity index (χ1v) is 20.4. The molecule has 2 heterocycles. The van der Waals surface area contributed by atoms with Gasteiger partial charge in [-0.15, -0.1) is 0 Å². The van der Waals surface area contributed by atoms with Crippen molar-refractivity contribution >= 4 is 23.9 Å². The number of carboxylic acid groups (broad SMARTS) is 1. The molecule has 1 aliphatic heterocycles. The molecule has 5 amide bonds. The van der Waals surface area contributed by atoms with Gasteiger partial charge in [-0.3, -0.25) is 19.5 Å². The van der Waals surface area contributed by atoms with Crippen molar-refractivity contribution in [3.8, 4) is 11.3 Å². The number of carbonyl (C=O) groups is 4. The second-order valence-corrected chi connectivity index (χ2v) is 17.8. The Bertz CT molecular complexity index is 2070. The summed E-state index contributed by atoms with van der Waals surface area (Å²) in [4.78, 5) is 63.1. The van der Waals surface area contributed by atoms with Crippen LogP contribution in [0.3, 0.4) is 0 Å². The number of hydrogen-bond donors (Lipinski definition) is 4. The SMILES string of the molecule is CN(C(=O)O)[C@H](C(=O)N[C@@H](Cc1ccc(-c2ccccn2)cc1)C[C@H](O)[C@H](Cc1ccccc1)NC(=O)[C@@H](N1CCN(Cc2ccccc2F)C1=O)C(C)(C)C)C(C)(C)C. The van der Waals surface area contributed by atoms with E-state index in [0.29, 0.717) is 12.1 Å². The van der Waals surface area contributed by atoms with Gasteiger partial charge >= 0.3 is 12.1 Å². The molecule has 13 heteroatoms. The van der Waals surface area contributed by atoms with Gasteiger partial charge in [0.2, 0.25) is 11.8 Å². The van der Waals surface area contributed by atoms with Crippen molar-refractivity contribution in [2.45, 2.75) is 97.6 Å². The van der Waals surface area contributed by atoms with Gasteiger partial charge in [0.1, 0.15) is 17.9 Å². The Labute approximate surface area is 352 Å². The Hall–Kier alpha value is -5.82. The van der Waals surface area contributed by atoms with Gasteiger partial charge in [-0.05, 0) is 59.4 Å². The molecule has 5 rings (SSSR count). The summed E-state index contributed by atoms with van der Waals surface area (Å²) in [5, 5.41) is 28.3. The molecule has 0 spiro atoms. The molecule has 4 N–H and O–H groups in total. The van der Waals surface area contributed by atoms with Gasteiger partial charge in [0.15, 0.2) is 0 Å². The standard InChI is InChI=1S/C47H59FN6O6/c1-46(2,3)40(52(7)45(59)60)42(56)50-35(27-32-20-22-33(23-21-32)37-19-13-14-24-49-37)29-39(55)38(28-31-15-9-8-10-16-31)51-43(57)41(47(4,5)6)54-26-25-53(44(54)58)30-34-17-11-12-18-36(34)48/h8-24,35,38-41,55H,25-30H2,1-7H3,(H,50,56)(H,51,57)(H,59,60)/t35-,38-,39-,40+,41+/m0/s1. The fraction of sp³-hybridized carbons (Fsp3) is 0.426. The summed E-state index contributed by atoms with van der Waals surface area (Å²) in [6, 6.07) is 25.2. The summed E-state index contributed by atoms with van der Waals surface area (Å²) < 4.78 is 14.6. The Morgan fingerprint density at radius 2 is 1.43 bits per heavy atom. The summed E-state index contributed by atoms with van der Waals surface area (Å²) in [6.45, 7) is 11.6. The lowest BCUT2D eigenvalue weighted by Crippen LogP contribution is -2.59. The molecule has 0 saturated carbocycles. The van der Waals surface area contributed by atoms with E-state index in [1.165, 1.54) is 22.9 Å². The molecule has 3 aromatic carbocycles. The van der Waals surface area contributed by atoms with E-state index in [4.69, 9.17) is 0 Å². The van der Waals surface area contributed by atoms with Crippen molar-refractivity contribution in [1.82, 2.24) is 30.3 Å². The first-order valence-electron chi connectivity index (χ1n) is 20.4. The first kappa shape index (κ1) is 45.3. The van der Waals surface area contributed by atoms with Crippen LogP contribution >= 0.6 is 0 Å². The number of aromatic nitrogens is 1. The average Bonchev–Trinajstić information content (AvgIpc) is 3.53. The van der Waals surface area contributed by atoms with Crippen molar-refractivity contribution in [3.63, 3.8) is 0 Å². The highest BCUT2D eigenvalue weighted by molar-refractivity contribution is 5.89. The highest BCUT2D eigenvalue weighted by atomic mass is 19.1. The molecule has 12 nitrogen and oxygen atoms in total. The summed E-state index contributed by atoms with van der Waals surface area (Å²) >= 11 is 0. The van der Waals surface area contributed by atoms with Crippen LogP contribution in [0.5, 0.6) is 0 Å². The molecule has 4 aromatic rings. The van der Waals surface area contributed by atoms with Gasteiger partial charge in [-0.1, -0.05) is 120 Å². The molecule has 60 heavy (non-hydrogen) atoms. The zero-order valence-electron chi connectivity index (χ0n) is 35.6. The predicted molar refractivity (Wildman–Crippen MR) is 229 cm³/mol. The van der Waals surface area contributed by atoms with E-state index in [1.807, 2.05) is 93.6 Å². The van der Waals surface area contributed by atoms with E-state index in [1.54, 1.807) is 45.2 Å². The minimum absolute atomic E-state index is 0.00158. The summed E-state index contributed by atoms with van der Waals surface area (Å²) in [5.74, 6) is -1.38. The molecule has 0 aliphatic carbocycles. The van der Waals surface area contributed by atoms with Crippen molar-refractivity contribution < 1.29 is 33.8 Å². The predicted octanol–water partition coefficient (Wildman–Crippen LogP) is 6.77. The lowest BCUT2D eigenvalue weighted by molar-refractivity contribution is -0.131. The maximum Gasteiger partial charge on any atom is 0.407 e. The van der Waals surface area contributed by atoms with Crippen LogP contribution in [0.4, 0.5) is 14.0 Å². The molecular formula is C47H59FN6O6. The molecule has 1 aliphatic rings. The fourth-order valence-electron chi connectivity index (χ4n) is 8.05. The minimum atomic E-state index is -1.25. The number of nitrogens with one attached hydrogen (secondary N) is 2. The third kappa shape index (κ3) is 11.7. The summed E-state index contributed by atoms with van der Waals surface area (Å²) in [7, 11) is 1.36. The zero-order valence-corrected chi connectivity index (χ0v) is 35.6. The Balaban J connectivity index is 1.43. The monoisotopic (exact) mass is 822 g/mol. The number of urea groups is 1. The van der Waals surface area contributed by atoms with E-state index < -0.39 is 64.8 Å². The number of amides is 5. The zero-order chi connectivity index (χ0) is 43.8. The second-order valence-electron chi connectivity index (χ2n) is 17.8.